The molecule has 36 heavy (non-hydrogen) atoms. The largest absolute Gasteiger partial charge is 0.352 e. The predicted molar refractivity (Wildman–Crippen MR) is 139 cm³/mol. The van der Waals surface area contributed by atoms with Crippen molar-refractivity contribution in [2.45, 2.75) is 0 Å². The van der Waals surface area contributed by atoms with Gasteiger partial charge in [-0.05, 0) is 48.0 Å². The van der Waals surface area contributed by atoms with Gasteiger partial charge in [-0.3, -0.25) is 9.78 Å². The third-order valence-electron chi connectivity index (χ3n) is 6.38. The molecule has 180 valence electrons. The third kappa shape index (κ3) is 4.06. The summed E-state index contributed by atoms with van der Waals surface area (Å²) in [7, 11) is 0. The summed E-state index contributed by atoms with van der Waals surface area (Å²) < 4.78 is 31.0. The van der Waals surface area contributed by atoms with E-state index in [0.29, 0.717) is 57.6 Å². The molecule has 1 aliphatic heterocycles. The van der Waals surface area contributed by atoms with Crippen LogP contribution in [0.1, 0.15) is 10.4 Å². The molecule has 0 bridgehead atoms. The van der Waals surface area contributed by atoms with Gasteiger partial charge in [0.1, 0.15) is 11.3 Å². The quantitative estimate of drug-likeness (QED) is 0.337. The van der Waals surface area contributed by atoms with Gasteiger partial charge in [-0.1, -0.05) is 12.1 Å². The van der Waals surface area contributed by atoms with Crippen LogP contribution < -0.4 is 10.6 Å². The molecule has 6 nitrogen and oxygen atoms in total. The summed E-state index contributed by atoms with van der Waals surface area (Å²) >= 11 is 1.38. The molecule has 5 aromatic rings. The molecule has 3 heterocycles. The van der Waals surface area contributed by atoms with Gasteiger partial charge in [-0.15, -0.1) is 11.3 Å². The number of piperazine rings is 1. The highest BCUT2D eigenvalue weighted by atomic mass is 32.1. The van der Waals surface area contributed by atoms with E-state index in [1.165, 1.54) is 17.4 Å². The van der Waals surface area contributed by atoms with E-state index in [1.807, 2.05) is 12.1 Å². The maximum absolute atomic E-state index is 15.2. The van der Waals surface area contributed by atoms with E-state index in [2.05, 4.69) is 20.6 Å². The van der Waals surface area contributed by atoms with Gasteiger partial charge >= 0.3 is 0 Å². The summed E-state index contributed by atoms with van der Waals surface area (Å²) in [6.45, 7) is 2.67. The van der Waals surface area contributed by atoms with Crippen LogP contribution in [-0.2, 0) is 0 Å². The predicted octanol–water partition coefficient (Wildman–Crippen LogP) is 5.58. The zero-order chi connectivity index (χ0) is 24.6. The van der Waals surface area contributed by atoms with Gasteiger partial charge in [-0.25, -0.2) is 13.8 Å². The van der Waals surface area contributed by atoms with E-state index in [-0.39, 0.29) is 5.91 Å². The van der Waals surface area contributed by atoms with Crippen molar-refractivity contribution < 1.29 is 13.6 Å². The topological polar surface area (TPSA) is 70.2 Å². The number of nitrogens with one attached hydrogen (secondary N) is 2. The molecule has 0 saturated carbocycles. The Morgan fingerprint density at radius 3 is 2.67 bits per heavy atom. The second kappa shape index (κ2) is 9.25. The number of thiazole rings is 1. The molecule has 0 unspecified atom stereocenters. The smallest absolute Gasteiger partial charge is 0.254 e. The van der Waals surface area contributed by atoms with Crippen LogP contribution in [0.15, 0.2) is 66.3 Å². The number of fused-ring (bicyclic) bond motifs is 2. The molecular formula is C27H21F2N5OS. The lowest BCUT2D eigenvalue weighted by Crippen LogP contribution is -2.46. The molecule has 1 fully saturated rings. The number of aromatic nitrogens is 2. The molecule has 1 amide bonds. The number of rotatable bonds is 4. The third-order valence-corrected chi connectivity index (χ3v) is 7.18. The minimum atomic E-state index is -0.478. The second-order valence-corrected chi connectivity index (χ2v) is 9.46. The number of amides is 1. The molecule has 3 aromatic carbocycles. The first kappa shape index (κ1) is 22.5. The fourth-order valence-electron chi connectivity index (χ4n) is 4.50. The number of pyridine rings is 1. The van der Waals surface area contributed by atoms with Crippen molar-refractivity contribution in [1.82, 2.24) is 20.2 Å². The van der Waals surface area contributed by atoms with Gasteiger partial charge in [0.15, 0.2) is 5.82 Å². The van der Waals surface area contributed by atoms with Gasteiger partial charge < -0.3 is 15.5 Å². The van der Waals surface area contributed by atoms with Crippen molar-refractivity contribution in [1.29, 1.82) is 0 Å². The molecule has 6 rings (SSSR count). The Bertz CT molecular complexity index is 1610. The van der Waals surface area contributed by atoms with E-state index in [9.17, 15) is 4.79 Å². The van der Waals surface area contributed by atoms with Crippen molar-refractivity contribution in [3.8, 4) is 11.1 Å². The lowest BCUT2D eigenvalue weighted by molar-refractivity contribution is 0.0735. The average Bonchev–Trinajstić information content (AvgIpc) is 3.40. The molecule has 9 heteroatoms. The molecule has 1 aliphatic rings. The van der Waals surface area contributed by atoms with Crippen LogP contribution in [0.3, 0.4) is 0 Å². The van der Waals surface area contributed by atoms with Gasteiger partial charge in [-0.2, -0.15) is 0 Å². The standard InChI is InChI=1S/C27H21F2N5OS/c28-20-14-17(27(35)34-11-9-30-10-12-34)1-3-18(20)16-2-4-21-19(13-16)22(7-8-31-21)33-23-5-6-24-26(25(23)29)32-15-36-24/h1-8,13-15,30H,9-12H2,(H,31,33). The second-order valence-electron chi connectivity index (χ2n) is 8.58. The maximum atomic E-state index is 15.2. The molecular weight excluding hydrogens is 480 g/mol. The summed E-state index contributed by atoms with van der Waals surface area (Å²) in [6, 6.07) is 15.3. The first-order chi connectivity index (χ1) is 17.6. The Balaban J connectivity index is 1.34. The summed E-state index contributed by atoms with van der Waals surface area (Å²) in [5, 5.41) is 7.07. The summed E-state index contributed by atoms with van der Waals surface area (Å²) in [6.07, 6.45) is 1.64. The monoisotopic (exact) mass is 501 g/mol. The lowest BCUT2D eigenvalue weighted by atomic mass is 10.00. The zero-order valence-corrected chi connectivity index (χ0v) is 19.9. The van der Waals surface area contributed by atoms with Gasteiger partial charge in [0.25, 0.3) is 5.91 Å². The minimum absolute atomic E-state index is 0.171. The highest BCUT2D eigenvalue weighted by molar-refractivity contribution is 7.16. The number of nitrogens with zero attached hydrogens (tertiary/aromatic N) is 3. The number of hydrogen-bond acceptors (Lipinski definition) is 6. The Morgan fingerprint density at radius 2 is 1.83 bits per heavy atom. The fourth-order valence-corrected chi connectivity index (χ4v) is 5.17. The zero-order valence-electron chi connectivity index (χ0n) is 19.1. The van der Waals surface area contributed by atoms with Crippen molar-refractivity contribution in [3.05, 3.63) is 83.5 Å². The van der Waals surface area contributed by atoms with Crippen LogP contribution in [0.2, 0.25) is 0 Å². The normalized spacial score (nSPS) is 13.9. The number of hydrogen-bond donors (Lipinski definition) is 2. The van der Waals surface area contributed by atoms with Crippen LogP contribution in [-0.4, -0.2) is 47.0 Å². The molecule has 0 atom stereocenters. The minimum Gasteiger partial charge on any atom is -0.352 e. The molecule has 1 saturated heterocycles. The van der Waals surface area contributed by atoms with Gasteiger partial charge in [0.05, 0.1) is 21.4 Å². The van der Waals surface area contributed by atoms with Crippen molar-refractivity contribution in [3.63, 3.8) is 0 Å². The highest BCUT2D eigenvalue weighted by Crippen LogP contribution is 2.33. The number of carbonyl (C=O) groups excluding carboxylic acids is 1. The van der Waals surface area contributed by atoms with Crippen LogP contribution in [0.4, 0.5) is 20.2 Å². The Kier molecular flexibility index (Phi) is 5.79. The highest BCUT2D eigenvalue weighted by Gasteiger charge is 2.20. The molecule has 2 aromatic heterocycles. The van der Waals surface area contributed by atoms with Crippen molar-refractivity contribution >= 4 is 49.7 Å². The summed E-state index contributed by atoms with van der Waals surface area (Å²) in [5.41, 5.74) is 4.89. The van der Waals surface area contributed by atoms with E-state index in [4.69, 9.17) is 0 Å². The number of anilines is 2. The van der Waals surface area contributed by atoms with E-state index < -0.39 is 11.6 Å². The Labute approximate surface area is 209 Å². The molecule has 0 spiro atoms. The van der Waals surface area contributed by atoms with Crippen LogP contribution >= 0.6 is 11.3 Å². The fraction of sp³-hybridized carbons (Fsp3) is 0.148. The molecule has 0 radical (unpaired) electrons. The maximum Gasteiger partial charge on any atom is 0.254 e. The van der Waals surface area contributed by atoms with Crippen molar-refractivity contribution in [2.24, 2.45) is 0 Å². The van der Waals surface area contributed by atoms with Gasteiger partial charge in [0, 0.05) is 54.6 Å². The van der Waals surface area contributed by atoms with Gasteiger partial charge in [0.2, 0.25) is 0 Å². The molecule has 0 aliphatic carbocycles. The average molecular weight is 502 g/mol. The van der Waals surface area contributed by atoms with E-state index in [0.717, 1.165) is 17.8 Å². The van der Waals surface area contributed by atoms with Crippen LogP contribution in [0, 0.1) is 11.6 Å². The number of benzene rings is 3. The number of carbonyl (C=O) groups is 1. The summed E-state index contributed by atoms with van der Waals surface area (Å²) in [4.78, 5) is 23.0. The SMILES string of the molecule is O=C(c1ccc(-c2ccc3nccc(Nc4ccc5scnc5c4F)c3c2)c(F)c1)N1CCNCC1. The first-order valence-electron chi connectivity index (χ1n) is 11.6. The van der Waals surface area contributed by atoms with Crippen LogP contribution in [0.5, 0.6) is 0 Å². The van der Waals surface area contributed by atoms with Crippen molar-refractivity contribution in [2.75, 3.05) is 31.5 Å². The van der Waals surface area contributed by atoms with E-state index in [1.54, 1.807) is 53.0 Å². The first-order valence-corrected chi connectivity index (χ1v) is 12.4. The lowest BCUT2D eigenvalue weighted by Gasteiger charge is -2.27. The van der Waals surface area contributed by atoms with Crippen LogP contribution in [0.25, 0.3) is 32.2 Å². The molecule has 2 N–H and O–H groups in total. The van der Waals surface area contributed by atoms with E-state index >= 15 is 8.78 Å². The number of halogens is 2. The Morgan fingerprint density at radius 1 is 0.972 bits per heavy atom. The Hall–Kier alpha value is -3.95. The summed E-state index contributed by atoms with van der Waals surface area (Å²) in [5.74, 6) is -1.07.